The Labute approximate surface area is 142 Å². The van der Waals surface area contributed by atoms with Crippen LogP contribution in [0.4, 0.5) is 5.69 Å². The molecule has 0 saturated carbocycles. The normalized spacial score (nSPS) is 12.3. The lowest BCUT2D eigenvalue weighted by molar-refractivity contribution is 0.590. The molecule has 0 radical (unpaired) electrons. The molecule has 0 atom stereocenters. The van der Waals surface area contributed by atoms with Crippen LogP contribution in [0.25, 0.3) is 0 Å². The Bertz CT molecular complexity index is 665. The molecule has 22 heavy (non-hydrogen) atoms. The Morgan fingerprint density at radius 1 is 0.955 bits per heavy atom. The van der Waals surface area contributed by atoms with E-state index in [0.717, 1.165) is 21.2 Å². The first-order valence-corrected chi connectivity index (χ1v) is 8.88. The summed E-state index contributed by atoms with van der Waals surface area (Å²) in [6, 6.07) is 18.5. The summed E-state index contributed by atoms with van der Waals surface area (Å²) in [5.74, 6) is 0. The Morgan fingerprint density at radius 3 is 2.05 bits per heavy atom. The van der Waals surface area contributed by atoms with E-state index in [9.17, 15) is 0 Å². The van der Waals surface area contributed by atoms with Crippen LogP contribution in [0, 0.1) is 0 Å². The van der Waals surface area contributed by atoms with E-state index >= 15 is 0 Å². The van der Waals surface area contributed by atoms with Crippen LogP contribution in [-0.2, 0) is 5.41 Å². The third-order valence-corrected chi connectivity index (χ3v) is 4.66. The fraction of sp³-hybridized carbons (Fsp3) is 0.263. The van der Waals surface area contributed by atoms with Gasteiger partial charge >= 0.3 is 0 Å². The summed E-state index contributed by atoms with van der Waals surface area (Å²) in [6.45, 7) is 6.65. The van der Waals surface area contributed by atoms with Crippen molar-refractivity contribution in [3.05, 3.63) is 65.7 Å². The van der Waals surface area contributed by atoms with E-state index in [1.54, 1.807) is 11.8 Å². The Hall–Kier alpha value is -1.45. The quantitative estimate of drug-likeness (QED) is 0.522. The second kappa shape index (κ2) is 7.21. The lowest BCUT2D eigenvalue weighted by Crippen LogP contribution is -2.13. The highest BCUT2D eigenvalue weighted by atomic mass is 32.2. The number of thiocarbonyl (C=S) groups is 1. The molecule has 0 amide bonds. The van der Waals surface area contributed by atoms with Gasteiger partial charge in [-0.15, -0.1) is 11.8 Å². The Balaban J connectivity index is 2.43. The number of thioether (sulfide) groups is 1. The van der Waals surface area contributed by atoms with Crippen molar-refractivity contribution < 1.29 is 0 Å². The average Bonchev–Trinajstić information content (AvgIpc) is 2.52. The standard InChI is InChI=1S/C19H21NS2/c1-19(2,3)15-12-10-14(11-13-15)17(18(21)22-4)20-16-8-6-5-7-9-16/h5-13H,1-4H3. The number of para-hydroxylation sites is 1. The van der Waals surface area contributed by atoms with Gasteiger partial charge in [0.15, 0.2) is 0 Å². The van der Waals surface area contributed by atoms with Crippen molar-refractivity contribution in [3.8, 4) is 0 Å². The molecule has 0 N–H and O–H groups in total. The second-order valence-electron chi connectivity index (χ2n) is 6.11. The molecule has 0 unspecified atom stereocenters. The maximum absolute atomic E-state index is 5.50. The van der Waals surface area contributed by atoms with Gasteiger partial charge in [0.05, 0.1) is 15.6 Å². The predicted molar refractivity (Wildman–Crippen MR) is 104 cm³/mol. The van der Waals surface area contributed by atoms with Gasteiger partial charge in [-0.3, -0.25) is 0 Å². The van der Waals surface area contributed by atoms with Crippen molar-refractivity contribution in [3.63, 3.8) is 0 Å². The first kappa shape index (κ1) is 16.9. The number of hydrogen-bond acceptors (Lipinski definition) is 3. The van der Waals surface area contributed by atoms with Crippen molar-refractivity contribution in [1.29, 1.82) is 0 Å². The van der Waals surface area contributed by atoms with Crippen LogP contribution >= 0.6 is 24.0 Å². The zero-order valence-electron chi connectivity index (χ0n) is 13.5. The van der Waals surface area contributed by atoms with E-state index in [0.29, 0.717) is 0 Å². The fourth-order valence-electron chi connectivity index (χ4n) is 2.08. The van der Waals surface area contributed by atoms with Crippen LogP contribution < -0.4 is 0 Å². The van der Waals surface area contributed by atoms with Crippen LogP contribution in [-0.4, -0.2) is 16.2 Å². The van der Waals surface area contributed by atoms with Gasteiger partial charge in [-0.05, 0) is 29.4 Å². The third kappa shape index (κ3) is 4.28. The number of hydrogen-bond donors (Lipinski definition) is 0. The molecular formula is C19H21NS2. The van der Waals surface area contributed by atoms with Crippen molar-refractivity contribution in [1.82, 2.24) is 0 Å². The molecule has 2 rings (SSSR count). The molecule has 1 nitrogen and oxygen atoms in total. The monoisotopic (exact) mass is 327 g/mol. The minimum Gasteiger partial charge on any atom is -0.246 e. The summed E-state index contributed by atoms with van der Waals surface area (Å²) in [5.41, 5.74) is 4.32. The molecule has 0 aliphatic heterocycles. The maximum atomic E-state index is 5.50. The summed E-state index contributed by atoms with van der Waals surface area (Å²) in [5, 5.41) is 0. The van der Waals surface area contributed by atoms with Gasteiger partial charge in [-0.25, -0.2) is 4.99 Å². The molecule has 2 aromatic carbocycles. The van der Waals surface area contributed by atoms with Crippen molar-refractivity contribution in [2.24, 2.45) is 4.99 Å². The highest BCUT2D eigenvalue weighted by Crippen LogP contribution is 2.24. The third-order valence-electron chi connectivity index (χ3n) is 3.40. The minimum absolute atomic E-state index is 0.148. The SMILES string of the molecule is CSC(=S)C(=Nc1ccccc1)c1ccc(C(C)(C)C)cc1. The maximum Gasteiger partial charge on any atom is 0.0966 e. The molecule has 0 bridgehead atoms. The summed E-state index contributed by atoms with van der Waals surface area (Å²) in [4.78, 5) is 4.75. The van der Waals surface area contributed by atoms with Crippen molar-refractivity contribution in [2.45, 2.75) is 26.2 Å². The van der Waals surface area contributed by atoms with E-state index in [4.69, 9.17) is 17.2 Å². The van der Waals surface area contributed by atoms with Crippen LogP contribution in [0.3, 0.4) is 0 Å². The van der Waals surface area contributed by atoms with E-state index in [1.165, 1.54) is 5.56 Å². The average molecular weight is 328 g/mol. The number of rotatable bonds is 3. The topological polar surface area (TPSA) is 12.4 Å². The first-order chi connectivity index (χ1) is 10.4. The van der Waals surface area contributed by atoms with Crippen LogP contribution in [0.1, 0.15) is 31.9 Å². The van der Waals surface area contributed by atoms with Gasteiger partial charge in [-0.2, -0.15) is 0 Å². The van der Waals surface area contributed by atoms with Gasteiger partial charge in [0, 0.05) is 5.56 Å². The Kier molecular flexibility index (Phi) is 5.54. The molecule has 0 aromatic heterocycles. The molecule has 3 heteroatoms. The highest BCUT2D eigenvalue weighted by Gasteiger charge is 2.15. The van der Waals surface area contributed by atoms with Gasteiger partial charge in [-0.1, -0.05) is 75.5 Å². The molecule has 0 spiro atoms. The molecule has 0 aliphatic rings. The molecule has 2 aromatic rings. The molecule has 0 heterocycles. The van der Waals surface area contributed by atoms with Crippen molar-refractivity contribution >= 4 is 39.6 Å². The van der Waals surface area contributed by atoms with Crippen LogP contribution in [0.5, 0.6) is 0 Å². The molecule has 0 aliphatic carbocycles. The highest BCUT2D eigenvalue weighted by molar-refractivity contribution is 8.24. The smallest absolute Gasteiger partial charge is 0.0966 e. The van der Waals surface area contributed by atoms with Crippen LogP contribution in [0.15, 0.2) is 59.6 Å². The first-order valence-electron chi connectivity index (χ1n) is 7.25. The summed E-state index contributed by atoms with van der Waals surface area (Å²) < 4.78 is 0.812. The fourth-order valence-corrected chi connectivity index (χ4v) is 2.60. The zero-order valence-corrected chi connectivity index (χ0v) is 15.1. The second-order valence-corrected chi connectivity index (χ2v) is 7.60. The van der Waals surface area contributed by atoms with E-state index < -0.39 is 0 Å². The lowest BCUT2D eigenvalue weighted by Gasteiger charge is -2.19. The van der Waals surface area contributed by atoms with Gasteiger partial charge in [0.2, 0.25) is 0 Å². The number of benzene rings is 2. The van der Waals surface area contributed by atoms with E-state index in [-0.39, 0.29) is 5.41 Å². The van der Waals surface area contributed by atoms with Crippen LogP contribution in [0.2, 0.25) is 0 Å². The summed E-state index contributed by atoms with van der Waals surface area (Å²) in [7, 11) is 0. The largest absolute Gasteiger partial charge is 0.246 e. The van der Waals surface area contributed by atoms with E-state index in [2.05, 4.69) is 45.0 Å². The predicted octanol–water partition coefficient (Wildman–Crippen LogP) is 5.80. The molecule has 114 valence electrons. The van der Waals surface area contributed by atoms with Gasteiger partial charge < -0.3 is 0 Å². The summed E-state index contributed by atoms with van der Waals surface area (Å²) in [6.07, 6.45) is 1.99. The molecule has 0 fully saturated rings. The van der Waals surface area contributed by atoms with E-state index in [1.807, 2.05) is 36.6 Å². The van der Waals surface area contributed by atoms with Gasteiger partial charge in [0.25, 0.3) is 0 Å². The number of nitrogens with zero attached hydrogens (tertiary/aromatic N) is 1. The Morgan fingerprint density at radius 2 is 1.55 bits per heavy atom. The van der Waals surface area contributed by atoms with Gasteiger partial charge in [0.1, 0.15) is 0 Å². The van der Waals surface area contributed by atoms with Crippen molar-refractivity contribution in [2.75, 3.05) is 6.26 Å². The lowest BCUT2D eigenvalue weighted by atomic mass is 9.86. The zero-order chi connectivity index (χ0) is 16.2. The molecule has 0 saturated heterocycles. The number of aliphatic imine (C=N–C) groups is 1. The minimum atomic E-state index is 0.148. The summed E-state index contributed by atoms with van der Waals surface area (Å²) >= 11 is 7.05. The molecular weight excluding hydrogens is 306 g/mol.